The van der Waals surface area contributed by atoms with Crippen LogP contribution in [0.25, 0.3) is 0 Å². The molecule has 0 saturated carbocycles. The number of ether oxygens (including phenoxy) is 2. The van der Waals surface area contributed by atoms with Crippen molar-refractivity contribution in [2.45, 2.75) is 52.6 Å². The monoisotopic (exact) mass is 422 g/mol. The van der Waals surface area contributed by atoms with E-state index in [2.05, 4.69) is 0 Å². The van der Waals surface area contributed by atoms with Crippen molar-refractivity contribution in [3.63, 3.8) is 0 Å². The minimum absolute atomic E-state index is 0.207. The number of imide groups is 1. The lowest BCUT2D eigenvalue weighted by Crippen LogP contribution is -2.51. The van der Waals surface area contributed by atoms with Crippen molar-refractivity contribution in [2.75, 3.05) is 13.2 Å². The van der Waals surface area contributed by atoms with Gasteiger partial charge >= 0.3 is 12.1 Å². The summed E-state index contributed by atoms with van der Waals surface area (Å²) in [6, 6.07) is 6.25. The lowest BCUT2D eigenvalue weighted by atomic mass is 10.1. The van der Waals surface area contributed by atoms with Crippen LogP contribution in [0.15, 0.2) is 24.3 Å². The van der Waals surface area contributed by atoms with E-state index in [1.165, 1.54) is 12.1 Å². The second-order valence-corrected chi connectivity index (χ2v) is 7.83. The van der Waals surface area contributed by atoms with Gasteiger partial charge in [0, 0.05) is 0 Å². The van der Waals surface area contributed by atoms with E-state index in [0.29, 0.717) is 5.06 Å². The largest absolute Gasteiger partial charge is 0.478 e. The number of benzene rings is 1. The second kappa shape index (κ2) is 9.23. The van der Waals surface area contributed by atoms with Gasteiger partial charge in [-0.05, 0) is 46.8 Å². The van der Waals surface area contributed by atoms with E-state index >= 15 is 0 Å². The summed E-state index contributed by atoms with van der Waals surface area (Å²) in [5, 5.41) is 10.1. The fourth-order valence-electron chi connectivity index (χ4n) is 2.66. The summed E-state index contributed by atoms with van der Waals surface area (Å²) in [4.78, 5) is 55.1. The molecule has 1 heterocycles. The highest BCUT2D eigenvalue weighted by atomic mass is 16.7. The molecule has 0 spiro atoms. The van der Waals surface area contributed by atoms with Crippen molar-refractivity contribution in [1.82, 2.24) is 9.96 Å². The third-order valence-electron chi connectivity index (χ3n) is 3.83. The molecule has 1 atom stereocenters. The summed E-state index contributed by atoms with van der Waals surface area (Å²) in [5.41, 5.74) is -0.462. The summed E-state index contributed by atoms with van der Waals surface area (Å²) in [5.74, 6) is -2.66. The van der Waals surface area contributed by atoms with E-state index in [9.17, 15) is 24.3 Å². The van der Waals surface area contributed by atoms with Gasteiger partial charge in [0.2, 0.25) is 6.23 Å². The maximum atomic E-state index is 12.6. The van der Waals surface area contributed by atoms with Crippen LogP contribution in [0.2, 0.25) is 0 Å². The average molecular weight is 422 g/mol. The minimum atomic E-state index is -1.63. The molecule has 0 radical (unpaired) electrons. The summed E-state index contributed by atoms with van der Waals surface area (Å²) < 4.78 is 10.6. The third kappa shape index (κ3) is 5.55. The molecule has 1 N–H and O–H groups in total. The van der Waals surface area contributed by atoms with Gasteiger partial charge < -0.3 is 14.6 Å². The van der Waals surface area contributed by atoms with Gasteiger partial charge in [0.25, 0.3) is 11.8 Å². The first kappa shape index (κ1) is 23.3. The number of carboxylic acid groups (broad SMARTS) is 1. The van der Waals surface area contributed by atoms with E-state index < -0.39 is 41.8 Å². The fraction of sp³-hybridized carbons (Fsp3) is 0.500. The van der Waals surface area contributed by atoms with Crippen molar-refractivity contribution < 1.29 is 38.6 Å². The SMILES string of the molecule is CC(C)O[C@@H](C(=O)O)N(CCON1C(=O)c2ccccc2C1=O)C(=O)OC(C)(C)C. The standard InChI is InChI=1S/C20H26N2O8/c1-12(2)29-17(18(25)26)21(19(27)30-20(3,4)5)10-11-28-22-15(23)13-8-6-7-9-14(13)16(22)24/h6-9,12,17H,10-11H2,1-5H3,(H,25,26)/t17-/m0/s1. The number of carbonyl (C=O) groups excluding carboxylic acids is 3. The highest BCUT2D eigenvalue weighted by Crippen LogP contribution is 2.22. The number of hydroxylamine groups is 2. The zero-order chi connectivity index (χ0) is 22.6. The molecule has 0 aromatic heterocycles. The highest BCUT2D eigenvalue weighted by molar-refractivity contribution is 6.20. The number of rotatable bonds is 8. The predicted molar refractivity (Wildman–Crippen MR) is 103 cm³/mol. The Hall–Kier alpha value is -2.98. The average Bonchev–Trinajstić information content (AvgIpc) is 2.87. The highest BCUT2D eigenvalue weighted by Gasteiger charge is 2.38. The van der Waals surface area contributed by atoms with Gasteiger partial charge in [-0.1, -0.05) is 12.1 Å². The Morgan fingerprint density at radius 2 is 1.63 bits per heavy atom. The zero-order valence-corrected chi connectivity index (χ0v) is 17.6. The summed E-state index contributed by atoms with van der Waals surface area (Å²) in [6.45, 7) is 7.52. The lowest BCUT2D eigenvalue weighted by molar-refractivity contribution is -0.171. The third-order valence-corrected chi connectivity index (χ3v) is 3.83. The molecule has 1 aromatic carbocycles. The van der Waals surface area contributed by atoms with Crippen LogP contribution in [0.1, 0.15) is 55.3 Å². The smallest absolute Gasteiger partial charge is 0.412 e. The molecule has 10 nitrogen and oxygen atoms in total. The fourth-order valence-corrected chi connectivity index (χ4v) is 2.66. The molecule has 0 aliphatic carbocycles. The van der Waals surface area contributed by atoms with Crippen LogP contribution < -0.4 is 0 Å². The number of aliphatic carboxylic acids is 1. The number of amides is 3. The molecule has 1 aliphatic rings. The van der Waals surface area contributed by atoms with Gasteiger partial charge in [0.1, 0.15) is 5.60 Å². The predicted octanol–water partition coefficient (Wildman–Crippen LogP) is 2.29. The van der Waals surface area contributed by atoms with Crippen LogP contribution >= 0.6 is 0 Å². The van der Waals surface area contributed by atoms with E-state index in [0.717, 1.165) is 4.90 Å². The number of nitrogens with zero attached hydrogens (tertiary/aromatic N) is 2. The normalized spacial score (nSPS) is 14.7. The number of carbonyl (C=O) groups is 4. The van der Waals surface area contributed by atoms with Gasteiger partial charge in [-0.15, -0.1) is 5.06 Å². The molecule has 0 saturated heterocycles. The van der Waals surface area contributed by atoms with Crippen LogP contribution in [-0.2, 0) is 19.1 Å². The Labute approximate surface area is 174 Å². The summed E-state index contributed by atoms with van der Waals surface area (Å²) >= 11 is 0. The molecular weight excluding hydrogens is 396 g/mol. The first-order chi connectivity index (χ1) is 13.9. The Bertz CT molecular complexity index is 795. The maximum absolute atomic E-state index is 12.6. The number of fused-ring (bicyclic) bond motifs is 1. The first-order valence-electron chi connectivity index (χ1n) is 9.41. The van der Waals surface area contributed by atoms with Crippen molar-refractivity contribution in [1.29, 1.82) is 0 Å². The number of hydrogen-bond donors (Lipinski definition) is 1. The van der Waals surface area contributed by atoms with E-state index in [1.807, 2.05) is 0 Å². The Balaban J connectivity index is 2.12. The van der Waals surface area contributed by atoms with Crippen LogP contribution in [0.4, 0.5) is 4.79 Å². The van der Waals surface area contributed by atoms with Gasteiger partial charge in [-0.25, -0.2) is 9.59 Å². The molecule has 2 rings (SSSR count). The van der Waals surface area contributed by atoms with Crippen LogP contribution in [0.5, 0.6) is 0 Å². The molecule has 0 bridgehead atoms. The molecule has 1 aliphatic heterocycles. The van der Waals surface area contributed by atoms with Gasteiger partial charge in [-0.2, -0.15) is 0 Å². The first-order valence-corrected chi connectivity index (χ1v) is 9.41. The molecule has 0 unspecified atom stereocenters. The molecule has 164 valence electrons. The quantitative estimate of drug-likeness (QED) is 0.500. The molecule has 0 fully saturated rings. The molecular formula is C20H26N2O8. The Morgan fingerprint density at radius 1 is 1.10 bits per heavy atom. The topological polar surface area (TPSA) is 123 Å². The van der Waals surface area contributed by atoms with Crippen molar-refractivity contribution in [3.8, 4) is 0 Å². The van der Waals surface area contributed by atoms with Gasteiger partial charge in [0.15, 0.2) is 0 Å². The molecule has 1 aromatic rings. The van der Waals surface area contributed by atoms with Crippen molar-refractivity contribution >= 4 is 23.9 Å². The van der Waals surface area contributed by atoms with Gasteiger partial charge in [0.05, 0.1) is 30.4 Å². The Kier molecular flexibility index (Phi) is 7.16. The maximum Gasteiger partial charge on any atom is 0.412 e. The van der Waals surface area contributed by atoms with Crippen LogP contribution in [0.3, 0.4) is 0 Å². The zero-order valence-electron chi connectivity index (χ0n) is 17.6. The second-order valence-electron chi connectivity index (χ2n) is 7.83. The van der Waals surface area contributed by atoms with E-state index in [1.54, 1.807) is 46.8 Å². The van der Waals surface area contributed by atoms with Crippen molar-refractivity contribution in [3.05, 3.63) is 35.4 Å². The van der Waals surface area contributed by atoms with Gasteiger partial charge in [-0.3, -0.25) is 19.3 Å². The lowest BCUT2D eigenvalue weighted by Gasteiger charge is -2.32. The van der Waals surface area contributed by atoms with Crippen LogP contribution in [-0.4, -0.2) is 70.0 Å². The number of carboxylic acids is 1. The Morgan fingerprint density at radius 3 is 2.07 bits per heavy atom. The minimum Gasteiger partial charge on any atom is -0.478 e. The summed E-state index contributed by atoms with van der Waals surface area (Å²) in [6.07, 6.45) is -3.06. The van der Waals surface area contributed by atoms with E-state index in [4.69, 9.17) is 14.3 Å². The van der Waals surface area contributed by atoms with Crippen molar-refractivity contribution in [2.24, 2.45) is 0 Å². The summed E-state index contributed by atoms with van der Waals surface area (Å²) in [7, 11) is 0. The molecule has 3 amide bonds. The number of hydrogen-bond acceptors (Lipinski definition) is 7. The van der Waals surface area contributed by atoms with Crippen LogP contribution in [0, 0.1) is 0 Å². The van der Waals surface area contributed by atoms with E-state index in [-0.39, 0.29) is 24.3 Å². The molecule has 30 heavy (non-hydrogen) atoms. The molecule has 10 heteroatoms.